The molecule has 0 heterocycles. The molecule has 0 radical (unpaired) electrons. The molecule has 3 aliphatic rings. The van der Waals surface area contributed by atoms with Crippen LogP contribution in [-0.4, -0.2) is 36.4 Å². The first-order chi connectivity index (χ1) is 9.42. The molecule has 0 N–H and O–H groups in total. The Balaban J connectivity index is 2.45. The Hall–Kier alpha value is -1.14. The van der Waals surface area contributed by atoms with E-state index in [4.69, 9.17) is 9.47 Å². The van der Waals surface area contributed by atoms with Gasteiger partial charge in [-0.2, -0.15) is 0 Å². The number of carbonyl (C=O) groups excluding carboxylic acids is 2. The van der Waals surface area contributed by atoms with E-state index in [1.807, 2.05) is 0 Å². The lowest BCUT2D eigenvalue weighted by Crippen LogP contribution is -2.70. The fourth-order valence-electron chi connectivity index (χ4n) is 4.07. The average Bonchev–Trinajstić information content (AvgIpc) is 2.39. The number of ether oxygens (including phenoxy) is 2. The second-order valence-corrected chi connectivity index (χ2v) is 5.59. The monoisotopic (exact) mass is 284 g/mol. The number of aliphatic carboxylic acids is 2. The molecule has 0 aromatic rings. The van der Waals surface area contributed by atoms with Crippen LogP contribution in [0.15, 0.2) is 0 Å². The minimum Gasteiger partial charge on any atom is -0.550 e. The molecule has 6 nitrogen and oxygen atoms in total. The summed E-state index contributed by atoms with van der Waals surface area (Å²) in [6, 6.07) is 0. The molecule has 0 saturated heterocycles. The van der Waals surface area contributed by atoms with Crippen LogP contribution in [0.2, 0.25) is 0 Å². The van der Waals surface area contributed by atoms with Crippen molar-refractivity contribution in [1.29, 1.82) is 0 Å². The van der Waals surface area contributed by atoms with Crippen molar-refractivity contribution in [3.05, 3.63) is 0 Å². The van der Waals surface area contributed by atoms with E-state index in [1.165, 1.54) is 0 Å². The lowest BCUT2D eigenvalue weighted by atomic mass is 9.53. The van der Waals surface area contributed by atoms with Gasteiger partial charge in [0, 0.05) is 37.0 Å². The van der Waals surface area contributed by atoms with E-state index in [-0.39, 0.29) is 0 Å². The summed E-state index contributed by atoms with van der Waals surface area (Å²) >= 11 is 0. The van der Waals surface area contributed by atoms with E-state index in [0.29, 0.717) is 38.9 Å². The molecule has 0 aromatic carbocycles. The fraction of sp³-hybridized carbons (Fsp3) is 0.857. The van der Waals surface area contributed by atoms with E-state index in [2.05, 4.69) is 0 Å². The van der Waals surface area contributed by atoms with Crippen molar-refractivity contribution in [2.75, 3.05) is 13.2 Å². The molecule has 0 amide bonds. The molecule has 114 valence electrons. The zero-order valence-corrected chi connectivity index (χ0v) is 11.8. The van der Waals surface area contributed by atoms with E-state index in [9.17, 15) is 19.8 Å². The number of carboxylic acid groups (broad SMARTS) is 2. The zero-order valence-electron chi connectivity index (χ0n) is 11.8. The van der Waals surface area contributed by atoms with Crippen molar-refractivity contribution >= 4 is 11.9 Å². The van der Waals surface area contributed by atoms with Gasteiger partial charge in [-0.25, -0.2) is 0 Å². The molecule has 3 saturated carbocycles. The van der Waals surface area contributed by atoms with Gasteiger partial charge in [-0.05, 0) is 39.5 Å². The summed E-state index contributed by atoms with van der Waals surface area (Å²) in [4.78, 5) is 23.1. The minimum absolute atomic E-state index is 0.338. The highest BCUT2D eigenvalue weighted by molar-refractivity contribution is 5.81. The molecular weight excluding hydrogens is 264 g/mol. The maximum Gasteiger partial charge on any atom is 0.0771 e. The first-order valence-electron chi connectivity index (χ1n) is 7.12. The molecule has 20 heavy (non-hydrogen) atoms. The molecule has 0 aromatic heterocycles. The number of rotatable bonds is 6. The number of fused-ring (bicyclic) bond motifs is 3. The van der Waals surface area contributed by atoms with Gasteiger partial charge in [0.05, 0.1) is 11.2 Å². The number of carbonyl (C=O) groups is 2. The van der Waals surface area contributed by atoms with Crippen molar-refractivity contribution < 1.29 is 29.3 Å². The van der Waals surface area contributed by atoms with Crippen LogP contribution in [0, 0.1) is 11.8 Å². The summed E-state index contributed by atoms with van der Waals surface area (Å²) in [7, 11) is 0. The van der Waals surface area contributed by atoms with Crippen LogP contribution in [0.4, 0.5) is 0 Å². The molecule has 2 bridgehead atoms. The number of hydrogen-bond acceptors (Lipinski definition) is 6. The SMILES string of the molecule is CCOC12CCC(OCC)(CC1)[C@@H](C(=O)[O-])[C@H]2C(=O)[O-]. The maximum absolute atomic E-state index is 11.5. The third-order valence-corrected chi connectivity index (χ3v) is 4.78. The van der Waals surface area contributed by atoms with Gasteiger partial charge < -0.3 is 29.3 Å². The van der Waals surface area contributed by atoms with Gasteiger partial charge in [0.1, 0.15) is 0 Å². The van der Waals surface area contributed by atoms with E-state index in [0.717, 1.165) is 0 Å². The summed E-state index contributed by atoms with van der Waals surface area (Å²) in [6.45, 7) is 4.22. The largest absolute Gasteiger partial charge is 0.550 e. The standard InChI is InChI=1S/C14H22O6/c1-3-19-13-5-7-14(8-6-13,20-4-2)10(12(17)18)9(13)11(15)16/h9-10H,3-8H2,1-2H3,(H,15,16)(H,17,18)/p-2/t9-,10+,13?,14?. The lowest BCUT2D eigenvalue weighted by molar-refractivity contribution is -0.356. The molecule has 0 aliphatic heterocycles. The van der Waals surface area contributed by atoms with Gasteiger partial charge in [0.15, 0.2) is 0 Å². The quantitative estimate of drug-likeness (QED) is 0.611. The summed E-state index contributed by atoms with van der Waals surface area (Å²) < 4.78 is 11.3. The normalized spacial score (nSPS) is 39.7. The molecule has 0 unspecified atom stereocenters. The predicted molar refractivity (Wildman–Crippen MR) is 64.2 cm³/mol. The van der Waals surface area contributed by atoms with Crippen molar-refractivity contribution in [3.8, 4) is 0 Å². The Labute approximate surface area is 118 Å². The third-order valence-electron chi connectivity index (χ3n) is 4.78. The van der Waals surface area contributed by atoms with Crippen molar-refractivity contribution in [3.63, 3.8) is 0 Å². The highest BCUT2D eigenvalue weighted by atomic mass is 16.5. The van der Waals surface area contributed by atoms with Crippen molar-refractivity contribution in [1.82, 2.24) is 0 Å². The van der Waals surface area contributed by atoms with Gasteiger partial charge >= 0.3 is 0 Å². The van der Waals surface area contributed by atoms with Gasteiger partial charge in [0.25, 0.3) is 0 Å². The summed E-state index contributed by atoms with van der Waals surface area (Å²) in [5.41, 5.74) is -1.92. The minimum atomic E-state index is -1.39. The van der Waals surface area contributed by atoms with Crippen LogP contribution in [0.3, 0.4) is 0 Å². The van der Waals surface area contributed by atoms with E-state index < -0.39 is 35.0 Å². The topological polar surface area (TPSA) is 98.7 Å². The Morgan fingerprint density at radius 2 is 1.20 bits per heavy atom. The lowest BCUT2D eigenvalue weighted by Gasteiger charge is -2.61. The van der Waals surface area contributed by atoms with Crippen LogP contribution >= 0.6 is 0 Å². The van der Waals surface area contributed by atoms with E-state index in [1.54, 1.807) is 13.8 Å². The van der Waals surface area contributed by atoms with Crippen LogP contribution in [-0.2, 0) is 19.1 Å². The molecule has 3 fully saturated rings. The van der Waals surface area contributed by atoms with Crippen LogP contribution in [0.1, 0.15) is 39.5 Å². The first-order valence-corrected chi connectivity index (χ1v) is 7.12. The Morgan fingerprint density at radius 1 is 0.900 bits per heavy atom. The van der Waals surface area contributed by atoms with Gasteiger partial charge in [0.2, 0.25) is 0 Å². The van der Waals surface area contributed by atoms with Crippen LogP contribution in [0.25, 0.3) is 0 Å². The van der Waals surface area contributed by atoms with Crippen molar-refractivity contribution in [2.45, 2.75) is 50.7 Å². The second-order valence-electron chi connectivity index (χ2n) is 5.59. The van der Waals surface area contributed by atoms with Gasteiger partial charge in [-0.3, -0.25) is 0 Å². The maximum atomic E-state index is 11.5. The zero-order chi connectivity index (χ0) is 15.0. The predicted octanol–water partition coefficient (Wildman–Crippen LogP) is -1.14. The van der Waals surface area contributed by atoms with Crippen LogP contribution < -0.4 is 10.2 Å². The molecule has 3 rings (SSSR count). The summed E-state index contributed by atoms with van der Waals surface area (Å²) in [6.07, 6.45) is 1.90. The highest BCUT2D eigenvalue weighted by Crippen LogP contribution is 2.56. The third kappa shape index (κ3) is 2.11. The summed E-state index contributed by atoms with van der Waals surface area (Å²) in [5, 5.41) is 23.1. The average molecular weight is 284 g/mol. The number of hydrogen-bond donors (Lipinski definition) is 0. The first kappa shape index (κ1) is 15.3. The molecule has 6 heteroatoms. The summed E-state index contributed by atoms with van der Waals surface area (Å²) in [5.74, 6) is -5.23. The van der Waals surface area contributed by atoms with E-state index >= 15 is 0 Å². The fourth-order valence-corrected chi connectivity index (χ4v) is 4.07. The van der Waals surface area contributed by atoms with Gasteiger partial charge in [-0.15, -0.1) is 0 Å². The van der Waals surface area contributed by atoms with Crippen molar-refractivity contribution in [2.24, 2.45) is 11.8 Å². The Kier molecular flexibility index (Phi) is 4.07. The molecular formula is C14H20O6-2. The Morgan fingerprint density at radius 3 is 1.40 bits per heavy atom. The van der Waals surface area contributed by atoms with Crippen LogP contribution in [0.5, 0.6) is 0 Å². The molecule has 0 spiro atoms. The highest BCUT2D eigenvalue weighted by Gasteiger charge is 2.62. The Bertz CT molecular complexity index is 358. The molecule has 2 atom stereocenters. The molecule has 3 aliphatic carbocycles. The smallest absolute Gasteiger partial charge is 0.0771 e. The number of carboxylic acids is 2. The second kappa shape index (κ2) is 5.33. The van der Waals surface area contributed by atoms with Gasteiger partial charge in [-0.1, -0.05) is 0 Å².